The molecule has 25 heavy (non-hydrogen) atoms. The molecule has 0 saturated heterocycles. The molecule has 0 radical (unpaired) electrons. The van der Waals surface area contributed by atoms with Crippen LogP contribution in [0.3, 0.4) is 0 Å². The Morgan fingerprint density at radius 2 is 1.96 bits per heavy atom. The number of halogens is 1. The Hall–Kier alpha value is -2.85. The maximum absolute atomic E-state index is 6.04. The van der Waals surface area contributed by atoms with Crippen molar-refractivity contribution in [3.63, 3.8) is 0 Å². The van der Waals surface area contributed by atoms with Crippen LogP contribution in [0.25, 0.3) is 22.2 Å². The first-order chi connectivity index (χ1) is 12.2. The zero-order valence-electron chi connectivity index (χ0n) is 13.8. The molecule has 5 heteroatoms. The summed E-state index contributed by atoms with van der Waals surface area (Å²) in [5.74, 6) is 0.548. The quantitative estimate of drug-likeness (QED) is 0.528. The minimum atomic E-state index is 0.548. The van der Waals surface area contributed by atoms with Gasteiger partial charge in [-0.15, -0.1) is 0 Å². The van der Waals surface area contributed by atoms with E-state index in [9.17, 15) is 0 Å². The van der Waals surface area contributed by atoms with E-state index in [0.29, 0.717) is 11.0 Å². The van der Waals surface area contributed by atoms with Crippen LogP contribution >= 0.6 is 11.6 Å². The number of nitrogens with zero attached hydrogens (tertiary/aromatic N) is 3. The van der Waals surface area contributed by atoms with Crippen LogP contribution in [0.4, 0.5) is 11.6 Å². The summed E-state index contributed by atoms with van der Waals surface area (Å²) >= 11 is 6.04. The molecule has 2 aromatic carbocycles. The van der Waals surface area contributed by atoms with Crippen LogP contribution in [0.1, 0.15) is 6.92 Å². The molecule has 0 amide bonds. The van der Waals surface area contributed by atoms with Gasteiger partial charge in [0.1, 0.15) is 0 Å². The Bertz CT molecular complexity index is 1040. The van der Waals surface area contributed by atoms with E-state index in [1.807, 2.05) is 30.3 Å². The minimum Gasteiger partial charge on any atom is -0.348 e. The molecule has 4 nitrogen and oxygen atoms in total. The maximum Gasteiger partial charge on any atom is 0.227 e. The maximum atomic E-state index is 6.04. The highest BCUT2D eigenvalue weighted by Gasteiger charge is 2.09. The lowest BCUT2D eigenvalue weighted by Gasteiger charge is -2.08. The SMILES string of the molecule is CCn1ccc2c(-c3ccnc(Nc4cccc(Cl)c4)n3)cccc21. The summed E-state index contributed by atoms with van der Waals surface area (Å²) in [7, 11) is 0. The van der Waals surface area contributed by atoms with Gasteiger partial charge in [-0.2, -0.15) is 0 Å². The van der Waals surface area contributed by atoms with Gasteiger partial charge in [-0.1, -0.05) is 29.8 Å². The number of aryl methyl sites for hydroxylation is 1. The average molecular weight is 349 g/mol. The number of hydrogen-bond donors (Lipinski definition) is 1. The smallest absolute Gasteiger partial charge is 0.227 e. The Labute approximate surface area is 151 Å². The molecule has 0 atom stereocenters. The number of aromatic nitrogens is 3. The van der Waals surface area contributed by atoms with Gasteiger partial charge in [0, 0.05) is 46.1 Å². The lowest BCUT2D eigenvalue weighted by molar-refractivity contribution is 0.798. The molecule has 2 aromatic heterocycles. The van der Waals surface area contributed by atoms with Crippen LogP contribution in [0, 0.1) is 0 Å². The van der Waals surface area contributed by atoms with Crippen molar-refractivity contribution in [2.45, 2.75) is 13.5 Å². The molecule has 0 bridgehead atoms. The third-order valence-corrected chi connectivity index (χ3v) is 4.40. The monoisotopic (exact) mass is 348 g/mol. The topological polar surface area (TPSA) is 42.7 Å². The van der Waals surface area contributed by atoms with Crippen LogP contribution in [-0.2, 0) is 6.54 Å². The molecule has 0 saturated carbocycles. The molecule has 0 spiro atoms. The van der Waals surface area contributed by atoms with Gasteiger partial charge in [-0.25, -0.2) is 9.97 Å². The molecule has 1 N–H and O–H groups in total. The van der Waals surface area contributed by atoms with Crippen molar-refractivity contribution in [1.29, 1.82) is 0 Å². The summed E-state index contributed by atoms with van der Waals surface area (Å²) in [6.45, 7) is 3.09. The minimum absolute atomic E-state index is 0.548. The molecule has 4 aromatic rings. The number of rotatable bonds is 4. The van der Waals surface area contributed by atoms with Crippen LogP contribution in [-0.4, -0.2) is 14.5 Å². The highest BCUT2D eigenvalue weighted by molar-refractivity contribution is 6.30. The van der Waals surface area contributed by atoms with Crippen molar-refractivity contribution in [2.75, 3.05) is 5.32 Å². The number of fused-ring (bicyclic) bond motifs is 1. The molecule has 0 aliphatic heterocycles. The van der Waals surface area contributed by atoms with Crippen molar-refractivity contribution in [1.82, 2.24) is 14.5 Å². The summed E-state index contributed by atoms with van der Waals surface area (Å²) in [6.07, 6.45) is 3.88. The number of benzene rings is 2. The molecular formula is C20H17ClN4. The van der Waals surface area contributed by atoms with Crippen LogP contribution in [0.5, 0.6) is 0 Å². The van der Waals surface area contributed by atoms with Crippen molar-refractivity contribution >= 4 is 34.1 Å². The first kappa shape index (κ1) is 15.7. The fourth-order valence-electron chi connectivity index (χ4n) is 2.99. The van der Waals surface area contributed by atoms with E-state index in [4.69, 9.17) is 11.6 Å². The molecule has 0 aliphatic rings. The van der Waals surface area contributed by atoms with Gasteiger partial charge >= 0.3 is 0 Å². The number of anilines is 2. The highest BCUT2D eigenvalue weighted by Crippen LogP contribution is 2.29. The van der Waals surface area contributed by atoms with Gasteiger partial charge in [0.2, 0.25) is 5.95 Å². The number of nitrogens with one attached hydrogen (secondary N) is 1. The lowest BCUT2D eigenvalue weighted by Crippen LogP contribution is -1.98. The van der Waals surface area contributed by atoms with Crippen molar-refractivity contribution in [3.8, 4) is 11.3 Å². The summed E-state index contributed by atoms with van der Waals surface area (Å²) in [5.41, 5.74) is 4.06. The summed E-state index contributed by atoms with van der Waals surface area (Å²) < 4.78 is 2.23. The van der Waals surface area contributed by atoms with Gasteiger partial charge in [0.15, 0.2) is 0 Å². The van der Waals surface area contributed by atoms with Crippen LogP contribution in [0.2, 0.25) is 5.02 Å². The Morgan fingerprint density at radius 1 is 1.08 bits per heavy atom. The summed E-state index contributed by atoms with van der Waals surface area (Å²) in [4.78, 5) is 9.00. The van der Waals surface area contributed by atoms with Gasteiger partial charge in [-0.05, 0) is 43.3 Å². The second-order valence-corrected chi connectivity index (χ2v) is 6.18. The third-order valence-electron chi connectivity index (χ3n) is 4.17. The Morgan fingerprint density at radius 3 is 2.80 bits per heavy atom. The molecule has 0 fully saturated rings. The molecule has 0 unspecified atom stereocenters. The Balaban J connectivity index is 1.74. The normalized spacial score (nSPS) is 11.0. The van der Waals surface area contributed by atoms with Crippen LogP contribution < -0.4 is 5.32 Å². The van der Waals surface area contributed by atoms with E-state index >= 15 is 0 Å². The summed E-state index contributed by atoms with van der Waals surface area (Å²) in [5, 5.41) is 5.07. The molecule has 0 aliphatic carbocycles. The second-order valence-electron chi connectivity index (χ2n) is 5.74. The largest absolute Gasteiger partial charge is 0.348 e. The summed E-state index contributed by atoms with van der Waals surface area (Å²) in [6, 6.07) is 17.9. The van der Waals surface area contributed by atoms with Gasteiger partial charge in [0.05, 0.1) is 5.69 Å². The lowest BCUT2D eigenvalue weighted by atomic mass is 10.1. The number of hydrogen-bond acceptors (Lipinski definition) is 3. The van der Waals surface area contributed by atoms with E-state index < -0.39 is 0 Å². The molecule has 4 rings (SSSR count). The van der Waals surface area contributed by atoms with E-state index in [2.05, 4.69) is 57.2 Å². The van der Waals surface area contributed by atoms with Crippen LogP contribution in [0.15, 0.2) is 67.0 Å². The van der Waals surface area contributed by atoms with Crippen molar-refractivity contribution in [2.24, 2.45) is 0 Å². The van der Waals surface area contributed by atoms with Gasteiger partial charge in [0.25, 0.3) is 0 Å². The van der Waals surface area contributed by atoms with E-state index in [-0.39, 0.29) is 0 Å². The van der Waals surface area contributed by atoms with Crippen molar-refractivity contribution in [3.05, 3.63) is 72.0 Å². The third kappa shape index (κ3) is 3.08. The fourth-order valence-corrected chi connectivity index (χ4v) is 3.18. The predicted octanol–water partition coefficient (Wildman–Crippen LogP) is 5.52. The molecule has 124 valence electrons. The molecular weight excluding hydrogens is 332 g/mol. The fraction of sp³-hybridized carbons (Fsp3) is 0.100. The second kappa shape index (κ2) is 6.57. The zero-order valence-corrected chi connectivity index (χ0v) is 14.5. The van der Waals surface area contributed by atoms with E-state index in [1.165, 1.54) is 10.9 Å². The predicted molar refractivity (Wildman–Crippen MR) is 103 cm³/mol. The first-order valence-corrected chi connectivity index (χ1v) is 8.56. The van der Waals surface area contributed by atoms with E-state index in [0.717, 1.165) is 23.5 Å². The van der Waals surface area contributed by atoms with Gasteiger partial charge in [-0.3, -0.25) is 0 Å². The standard InChI is InChI=1S/C20H17ClN4/c1-2-25-12-10-17-16(7-4-8-19(17)25)18-9-11-22-20(24-18)23-15-6-3-5-14(21)13-15/h3-13H,2H2,1H3,(H,22,23,24). The van der Waals surface area contributed by atoms with Gasteiger partial charge < -0.3 is 9.88 Å². The highest BCUT2D eigenvalue weighted by atomic mass is 35.5. The molecule has 2 heterocycles. The van der Waals surface area contributed by atoms with Crippen molar-refractivity contribution < 1.29 is 0 Å². The van der Waals surface area contributed by atoms with E-state index in [1.54, 1.807) is 6.20 Å². The average Bonchev–Trinajstić information content (AvgIpc) is 3.05. The first-order valence-electron chi connectivity index (χ1n) is 8.18. The Kier molecular flexibility index (Phi) is 4.12. The zero-order chi connectivity index (χ0) is 17.2.